The average molecular weight is 271 g/mol. The van der Waals surface area contributed by atoms with Gasteiger partial charge in [0.15, 0.2) is 5.11 Å². The van der Waals surface area contributed by atoms with Crippen molar-refractivity contribution in [3.8, 4) is 0 Å². The minimum Gasteiger partial charge on any atom is -0.348 e. The molecule has 0 amide bonds. The number of aromatic nitrogens is 1. The third-order valence-electron chi connectivity index (χ3n) is 2.88. The molecule has 0 atom stereocenters. The molecule has 4 heteroatoms. The van der Waals surface area contributed by atoms with E-state index in [0.717, 1.165) is 17.8 Å². The second kappa shape index (κ2) is 6.29. The van der Waals surface area contributed by atoms with E-state index in [1.807, 2.05) is 48.5 Å². The number of aryl methyl sites for hydroxylation is 1. The molecule has 2 aromatic rings. The van der Waals surface area contributed by atoms with Crippen molar-refractivity contribution in [3.05, 3.63) is 59.9 Å². The number of hydrogen-bond acceptors (Lipinski definition) is 2. The van der Waals surface area contributed by atoms with E-state index in [1.54, 1.807) is 6.20 Å². The van der Waals surface area contributed by atoms with Crippen LogP contribution < -0.4 is 5.32 Å². The van der Waals surface area contributed by atoms with Crippen LogP contribution in [0.2, 0.25) is 0 Å². The van der Waals surface area contributed by atoms with Gasteiger partial charge in [-0.3, -0.25) is 4.98 Å². The van der Waals surface area contributed by atoms with Crippen LogP contribution in [0, 0.1) is 6.92 Å². The molecule has 1 N–H and O–H groups in total. The van der Waals surface area contributed by atoms with E-state index in [2.05, 4.69) is 23.3 Å². The molecule has 0 fully saturated rings. The molecule has 1 aromatic heterocycles. The Morgan fingerprint density at radius 3 is 2.74 bits per heavy atom. The van der Waals surface area contributed by atoms with Gasteiger partial charge in [0.25, 0.3) is 0 Å². The zero-order valence-electron chi connectivity index (χ0n) is 11.1. The van der Waals surface area contributed by atoms with Gasteiger partial charge in [-0.2, -0.15) is 0 Å². The molecule has 1 heterocycles. The lowest BCUT2D eigenvalue weighted by Crippen LogP contribution is -2.30. The lowest BCUT2D eigenvalue weighted by atomic mass is 10.2. The summed E-state index contributed by atoms with van der Waals surface area (Å²) in [5, 5.41) is 3.97. The zero-order chi connectivity index (χ0) is 13.7. The number of pyridine rings is 1. The van der Waals surface area contributed by atoms with Crippen LogP contribution in [0.1, 0.15) is 11.1 Å². The third-order valence-corrected chi connectivity index (χ3v) is 3.29. The summed E-state index contributed by atoms with van der Waals surface area (Å²) >= 11 is 5.41. The Morgan fingerprint density at radius 1 is 1.26 bits per heavy atom. The summed E-state index contributed by atoms with van der Waals surface area (Å²) in [7, 11) is 1.97. The summed E-state index contributed by atoms with van der Waals surface area (Å²) in [6, 6.07) is 12.1. The number of rotatable bonds is 3. The second-order valence-electron chi connectivity index (χ2n) is 4.46. The summed E-state index contributed by atoms with van der Waals surface area (Å²) in [5.41, 5.74) is 3.36. The van der Waals surface area contributed by atoms with Gasteiger partial charge in [0.2, 0.25) is 0 Å². The van der Waals surface area contributed by atoms with E-state index < -0.39 is 0 Å². The molecule has 0 unspecified atom stereocenters. The van der Waals surface area contributed by atoms with Crippen LogP contribution in [-0.2, 0) is 6.54 Å². The topological polar surface area (TPSA) is 28.2 Å². The fourth-order valence-corrected chi connectivity index (χ4v) is 1.94. The zero-order valence-corrected chi connectivity index (χ0v) is 11.9. The molecule has 19 heavy (non-hydrogen) atoms. The highest BCUT2D eigenvalue weighted by Crippen LogP contribution is 2.14. The quantitative estimate of drug-likeness (QED) is 0.868. The van der Waals surface area contributed by atoms with E-state index in [0.29, 0.717) is 5.11 Å². The number of nitrogens with zero attached hydrogens (tertiary/aromatic N) is 2. The molecule has 98 valence electrons. The first kappa shape index (κ1) is 13.5. The van der Waals surface area contributed by atoms with E-state index in [1.165, 1.54) is 5.56 Å². The van der Waals surface area contributed by atoms with Gasteiger partial charge in [-0.1, -0.05) is 24.3 Å². The average Bonchev–Trinajstić information content (AvgIpc) is 2.42. The highest BCUT2D eigenvalue weighted by atomic mass is 32.1. The monoisotopic (exact) mass is 271 g/mol. The molecule has 2 rings (SSSR count). The first-order valence-corrected chi connectivity index (χ1v) is 6.54. The summed E-state index contributed by atoms with van der Waals surface area (Å²) in [5.74, 6) is 0. The van der Waals surface area contributed by atoms with Gasteiger partial charge in [0.1, 0.15) is 0 Å². The van der Waals surface area contributed by atoms with Crippen LogP contribution in [-0.4, -0.2) is 22.0 Å². The molecule has 1 aromatic carbocycles. The molecular formula is C15H17N3S. The first-order chi connectivity index (χ1) is 9.16. The summed E-state index contributed by atoms with van der Waals surface area (Å²) < 4.78 is 0. The Labute approximate surface area is 119 Å². The van der Waals surface area contributed by atoms with Gasteiger partial charge < -0.3 is 10.2 Å². The minimum absolute atomic E-state index is 0.707. The normalized spacial score (nSPS) is 10.0. The maximum Gasteiger partial charge on any atom is 0.173 e. The van der Waals surface area contributed by atoms with E-state index in [-0.39, 0.29) is 0 Å². The van der Waals surface area contributed by atoms with E-state index in [9.17, 15) is 0 Å². The van der Waals surface area contributed by atoms with Crippen molar-refractivity contribution in [1.82, 2.24) is 9.88 Å². The Morgan fingerprint density at radius 2 is 2.05 bits per heavy atom. The van der Waals surface area contributed by atoms with Crippen molar-refractivity contribution in [1.29, 1.82) is 0 Å². The number of thiocarbonyl (C=S) groups is 1. The van der Waals surface area contributed by atoms with Crippen molar-refractivity contribution in [2.75, 3.05) is 12.4 Å². The van der Waals surface area contributed by atoms with Crippen molar-refractivity contribution in [3.63, 3.8) is 0 Å². The van der Waals surface area contributed by atoms with Crippen molar-refractivity contribution >= 4 is 23.0 Å². The first-order valence-electron chi connectivity index (χ1n) is 6.13. The molecule has 0 aliphatic rings. The molecule has 0 aliphatic carbocycles. The maximum atomic E-state index is 5.41. The Bertz CT molecular complexity index is 554. The molecule has 0 saturated heterocycles. The predicted molar refractivity (Wildman–Crippen MR) is 83.1 cm³/mol. The van der Waals surface area contributed by atoms with E-state index in [4.69, 9.17) is 12.2 Å². The highest BCUT2D eigenvalue weighted by Gasteiger charge is 2.06. The van der Waals surface area contributed by atoms with Crippen LogP contribution in [0.25, 0.3) is 0 Å². The lowest BCUT2D eigenvalue weighted by Gasteiger charge is -2.21. The van der Waals surface area contributed by atoms with Crippen LogP contribution in [0.3, 0.4) is 0 Å². The van der Waals surface area contributed by atoms with Crippen molar-refractivity contribution < 1.29 is 0 Å². The van der Waals surface area contributed by atoms with E-state index >= 15 is 0 Å². The number of benzene rings is 1. The van der Waals surface area contributed by atoms with Crippen molar-refractivity contribution in [2.45, 2.75) is 13.5 Å². The smallest absolute Gasteiger partial charge is 0.173 e. The molecule has 0 radical (unpaired) electrons. The predicted octanol–water partition coefficient (Wildman–Crippen LogP) is 3.22. The molecule has 0 bridgehead atoms. The largest absolute Gasteiger partial charge is 0.348 e. The number of hydrogen-bond donors (Lipinski definition) is 1. The fraction of sp³-hybridized carbons (Fsp3) is 0.200. The lowest BCUT2D eigenvalue weighted by molar-refractivity contribution is 0.507. The number of nitrogens with one attached hydrogen (secondary N) is 1. The summed E-state index contributed by atoms with van der Waals surface area (Å²) in [4.78, 5) is 6.10. The minimum atomic E-state index is 0.707. The SMILES string of the molecule is Cc1ccccc1NC(=S)N(C)Cc1cccnc1. The molecule has 0 aliphatic heterocycles. The van der Waals surface area contributed by atoms with Gasteiger partial charge in [0, 0.05) is 31.7 Å². The van der Waals surface area contributed by atoms with Crippen LogP contribution in [0.15, 0.2) is 48.8 Å². The third kappa shape index (κ3) is 3.76. The van der Waals surface area contributed by atoms with Gasteiger partial charge in [-0.05, 0) is 42.4 Å². The van der Waals surface area contributed by atoms with Crippen LogP contribution in [0.5, 0.6) is 0 Å². The standard InChI is InChI=1S/C15H17N3S/c1-12-6-3-4-8-14(12)17-15(19)18(2)11-13-7-5-9-16-10-13/h3-10H,11H2,1-2H3,(H,17,19). The number of para-hydroxylation sites is 1. The summed E-state index contributed by atoms with van der Waals surface area (Å²) in [6.07, 6.45) is 3.63. The van der Waals surface area contributed by atoms with Crippen molar-refractivity contribution in [2.24, 2.45) is 0 Å². The van der Waals surface area contributed by atoms with Gasteiger partial charge >= 0.3 is 0 Å². The second-order valence-corrected chi connectivity index (χ2v) is 4.85. The molecule has 0 spiro atoms. The highest BCUT2D eigenvalue weighted by molar-refractivity contribution is 7.80. The van der Waals surface area contributed by atoms with Gasteiger partial charge in [-0.25, -0.2) is 0 Å². The fourth-order valence-electron chi connectivity index (χ4n) is 1.76. The maximum absolute atomic E-state index is 5.41. The summed E-state index contributed by atoms with van der Waals surface area (Å²) in [6.45, 7) is 2.80. The molecule has 3 nitrogen and oxygen atoms in total. The van der Waals surface area contributed by atoms with Crippen LogP contribution in [0.4, 0.5) is 5.69 Å². The Hall–Kier alpha value is -1.94. The van der Waals surface area contributed by atoms with Gasteiger partial charge in [0.05, 0.1) is 0 Å². The Kier molecular flexibility index (Phi) is 4.47. The molecular weight excluding hydrogens is 254 g/mol. The van der Waals surface area contributed by atoms with Crippen LogP contribution >= 0.6 is 12.2 Å². The number of anilines is 1. The van der Waals surface area contributed by atoms with Gasteiger partial charge in [-0.15, -0.1) is 0 Å². The molecule has 0 saturated carbocycles. The Balaban J connectivity index is 1.99.